The zero-order chi connectivity index (χ0) is 12.4. The van der Waals surface area contributed by atoms with E-state index in [4.69, 9.17) is 11.6 Å². The number of carbonyl (C=O) groups excluding carboxylic acids is 1. The molecule has 17 heavy (non-hydrogen) atoms. The van der Waals surface area contributed by atoms with Crippen molar-refractivity contribution >= 4 is 50.5 Å². The Hall–Kier alpha value is -0.980. The van der Waals surface area contributed by atoms with Gasteiger partial charge in [0.15, 0.2) is 0 Å². The molecule has 2 heterocycles. The number of anilines is 1. The Kier molecular flexibility index (Phi) is 3.76. The third kappa shape index (κ3) is 3.02. The zero-order valence-electron chi connectivity index (χ0n) is 8.70. The number of pyridine rings is 1. The number of amides is 1. The van der Waals surface area contributed by atoms with Crippen LogP contribution >= 0.6 is 38.9 Å². The van der Waals surface area contributed by atoms with Gasteiger partial charge in [-0.2, -0.15) is 0 Å². The molecule has 0 fully saturated rings. The highest BCUT2D eigenvalue weighted by atomic mass is 79.9. The average molecular weight is 333 g/mol. The van der Waals surface area contributed by atoms with E-state index in [9.17, 15) is 4.79 Å². The Morgan fingerprint density at radius 3 is 2.82 bits per heavy atom. The minimum Gasteiger partial charge on any atom is -0.320 e. The van der Waals surface area contributed by atoms with E-state index in [2.05, 4.69) is 31.2 Å². The largest absolute Gasteiger partial charge is 0.320 e. The number of rotatable bonds is 2. The van der Waals surface area contributed by atoms with E-state index in [1.807, 2.05) is 6.92 Å². The van der Waals surface area contributed by atoms with Gasteiger partial charge < -0.3 is 5.32 Å². The molecule has 2 rings (SSSR count). The van der Waals surface area contributed by atoms with Gasteiger partial charge in [-0.3, -0.25) is 4.79 Å². The van der Waals surface area contributed by atoms with Gasteiger partial charge in [0, 0.05) is 0 Å². The number of hydrogen-bond acceptors (Lipinski definition) is 4. The molecular weight excluding hydrogens is 326 g/mol. The normalized spacial score (nSPS) is 10.3. The maximum Gasteiger partial charge on any atom is 0.267 e. The summed E-state index contributed by atoms with van der Waals surface area (Å²) >= 11 is 10.3. The van der Waals surface area contributed by atoms with Crippen LogP contribution in [0.5, 0.6) is 0 Å². The molecule has 4 nitrogen and oxygen atoms in total. The lowest BCUT2D eigenvalue weighted by Crippen LogP contribution is -2.10. The van der Waals surface area contributed by atoms with E-state index in [1.165, 1.54) is 17.5 Å². The number of carbonyl (C=O) groups is 1. The van der Waals surface area contributed by atoms with Crippen LogP contribution < -0.4 is 5.32 Å². The van der Waals surface area contributed by atoms with Crippen molar-refractivity contribution in [1.82, 2.24) is 9.97 Å². The van der Waals surface area contributed by atoms with E-state index in [0.717, 1.165) is 5.01 Å². The molecule has 0 aliphatic carbocycles. The highest BCUT2D eigenvalue weighted by Crippen LogP contribution is 2.23. The molecule has 0 saturated heterocycles. The van der Waals surface area contributed by atoms with Gasteiger partial charge in [-0.1, -0.05) is 11.6 Å². The van der Waals surface area contributed by atoms with E-state index < -0.39 is 0 Å². The summed E-state index contributed by atoms with van der Waals surface area (Å²) in [7, 11) is 0. The fraction of sp³-hybridized carbons (Fsp3) is 0.100. The standard InChI is InChI=1S/C10H7BrClN3OS/c1-5-13-4-8(17-5)10(16)15-6-2-7(11)9(12)14-3-6/h2-4H,1H3,(H,15,16). The third-order valence-corrected chi connectivity index (χ3v) is 3.94. The number of nitrogens with one attached hydrogen (secondary N) is 1. The van der Waals surface area contributed by atoms with Crippen molar-refractivity contribution in [3.63, 3.8) is 0 Å². The van der Waals surface area contributed by atoms with Gasteiger partial charge in [-0.05, 0) is 28.9 Å². The van der Waals surface area contributed by atoms with Crippen LogP contribution in [0.1, 0.15) is 14.7 Å². The third-order valence-electron chi connectivity index (χ3n) is 1.90. The number of hydrogen-bond donors (Lipinski definition) is 1. The Bertz CT molecular complexity index is 572. The lowest BCUT2D eigenvalue weighted by atomic mass is 10.4. The molecular formula is C10H7BrClN3OS. The molecule has 0 aliphatic heterocycles. The van der Waals surface area contributed by atoms with Gasteiger partial charge in [0.05, 0.1) is 27.6 Å². The van der Waals surface area contributed by atoms with Crippen LogP contribution in [0.25, 0.3) is 0 Å². The molecule has 0 atom stereocenters. The first kappa shape index (κ1) is 12.5. The second-order valence-electron chi connectivity index (χ2n) is 3.19. The van der Waals surface area contributed by atoms with Crippen LogP contribution in [0.4, 0.5) is 5.69 Å². The summed E-state index contributed by atoms with van der Waals surface area (Å²) in [6.07, 6.45) is 3.05. The molecule has 0 spiro atoms. The smallest absolute Gasteiger partial charge is 0.267 e. The number of thiazole rings is 1. The summed E-state index contributed by atoms with van der Waals surface area (Å²) in [5.41, 5.74) is 0.581. The Morgan fingerprint density at radius 1 is 1.47 bits per heavy atom. The van der Waals surface area contributed by atoms with E-state index in [-0.39, 0.29) is 5.91 Å². The van der Waals surface area contributed by atoms with Crippen molar-refractivity contribution in [2.75, 3.05) is 5.32 Å². The minimum atomic E-state index is -0.202. The molecule has 2 aromatic rings. The van der Waals surface area contributed by atoms with Crippen LogP contribution in [0.2, 0.25) is 5.15 Å². The summed E-state index contributed by atoms with van der Waals surface area (Å²) in [6, 6.07) is 1.70. The monoisotopic (exact) mass is 331 g/mol. The molecule has 2 aromatic heterocycles. The first-order valence-electron chi connectivity index (χ1n) is 4.61. The number of halogens is 2. The van der Waals surface area contributed by atoms with Gasteiger partial charge >= 0.3 is 0 Å². The van der Waals surface area contributed by atoms with Crippen molar-refractivity contribution < 1.29 is 4.79 Å². The van der Waals surface area contributed by atoms with E-state index in [0.29, 0.717) is 20.2 Å². The fourth-order valence-electron chi connectivity index (χ4n) is 1.15. The topological polar surface area (TPSA) is 54.9 Å². The quantitative estimate of drug-likeness (QED) is 0.856. The molecule has 0 aliphatic rings. The summed E-state index contributed by atoms with van der Waals surface area (Å²) in [6.45, 7) is 1.85. The van der Waals surface area contributed by atoms with Crippen molar-refractivity contribution in [1.29, 1.82) is 0 Å². The number of aryl methyl sites for hydroxylation is 1. The highest BCUT2D eigenvalue weighted by Gasteiger charge is 2.10. The zero-order valence-corrected chi connectivity index (χ0v) is 11.9. The summed E-state index contributed by atoms with van der Waals surface area (Å²) in [4.78, 5) is 20.3. The molecule has 0 bridgehead atoms. The minimum absolute atomic E-state index is 0.202. The van der Waals surface area contributed by atoms with Gasteiger partial charge in [0.1, 0.15) is 10.0 Å². The van der Waals surface area contributed by atoms with Crippen LogP contribution in [0.3, 0.4) is 0 Å². The molecule has 88 valence electrons. The van der Waals surface area contributed by atoms with Crippen molar-refractivity contribution in [2.45, 2.75) is 6.92 Å². The van der Waals surface area contributed by atoms with Crippen LogP contribution in [0.15, 0.2) is 22.9 Å². The number of nitrogens with zero attached hydrogens (tertiary/aromatic N) is 2. The summed E-state index contributed by atoms with van der Waals surface area (Å²) in [5.74, 6) is -0.202. The van der Waals surface area contributed by atoms with Crippen molar-refractivity contribution in [2.24, 2.45) is 0 Å². The first-order chi connectivity index (χ1) is 8.06. The van der Waals surface area contributed by atoms with Crippen molar-refractivity contribution in [3.05, 3.63) is 38.0 Å². The van der Waals surface area contributed by atoms with Crippen molar-refractivity contribution in [3.8, 4) is 0 Å². The second-order valence-corrected chi connectivity index (χ2v) is 5.64. The predicted octanol–water partition coefficient (Wildman–Crippen LogP) is 3.51. The summed E-state index contributed by atoms with van der Waals surface area (Å²) < 4.78 is 0.637. The van der Waals surface area contributed by atoms with E-state index >= 15 is 0 Å². The van der Waals surface area contributed by atoms with Crippen LogP contribution in [-0.2, 0) is 0 Å². The van der Waals surface area contributed by atoms with Crippen LogP contribution in [-0.4, -0.2) is 15.9 Å². The number of aromatic nitrogens is 2. The van der Waals surface area contributed by atoms with Crippen LogP contribution in [0, 0.1) is 6.92 Å². The molecule has 7 heteroatoms. The van der Waals surface area contributed by atoms with Gasteiger partial charge in [0.25, 0.3) is 5.91 Å². The average Bonchev–Trinajstić information content (AvgIpc) is 2.70. The molecule has 1 amide bonds. The molecule has 0 saturated carbocycles. The molecule has 0 aromatic carbocycles. The molecule has 0 unspecified atom stereocenters. The molecule has 0 radical (unpaired) electrons. The van der Waals surface area contributed by atoms with Gasteiger partial charge in [-0.15, -0.1) is 11.3 Å². The predicted molar refractivity (Wildman–Crippen MR) is 71.8 cm³/mol. The molecule has 1 N–H and O–H groups in total. The second kappa shape index (κ2) is 5.12. The maximum atomic E-state index is 11.8. The Labute approximate surface area is 115 Å². The lowest BCUT2D eigenvalue weighted by Gasteiger charge is -2.03. The Balaban J connectivity index is 2.15. The van der Waals surface area contributed by atoms with Gasteiger partial charge in [-0.25, -0.2) is 9.97 Å². The van der Waals surface area contributed by atoms with E-state index in [1.54, 1.807) is 12.3 Å². The first-order valence-corrected chi connectivity index (χ1v) is 6.60. The highest BCUT2D eigenvalue weighted by molar-refractivity contribution is 9.10. The Morgan fingerprint density at radius 2 is 2.24 bits per heavy atom. The van der Waals surface area contributed by atoms with Gasteiger partial charge in [0.2, 0.25) is 0 Å². The fourth-order valence-corrected chi connectivity index (χ4v) is 2.27. The lowest BCUT2D eigenvalue weighted by molar-refractivity contribution is 0.103. The SMILES string of the molecule is Cc1ncc(C(=O)Nc2cnc(Cl)c(Br)c2)s1. The summed E-state index contributed by atoms with van der Waals surface area (Å²) in [5, 5.41) is 3.93. The maximum absolute atomic E-state index is 11.8.